The second kappa shape index (κ2) is 8.56. The van der Waals surface area contributed by atoms with Gasteiger partial charge in [-0.05, 0) is 38.3 Å². The molecule has 1 aliphatic heterocycles. The first-order chi connectivity index (χ1) is 13.0. The molecule has 3 rings (SSSR count). The molecule has 0 spiro atoms. The molecular weight excluding hydrogens is 366 g/mol. The van der Waals surface area contributed by atoms with E-state index >= 15 is 0 Å². The fourth-order valence-electron chi connectivity index (χ4n) is 3.27. The summed E-state index contributed by atoms with van der Waals surface area (Å²) in [5.74, 6) is -0.331. The Balaban J connectivity index is 1.87. The summed E-state index contributed by atoms with van der Waals surface area (Å²) in [5.41, 5.74) is 0.234. The summed E-state index contributed by atoms with van der Waals surface area (Å²) in [6.45, 7) is 2.59. The second-order valence-electron chi connectivity index (χ2n) is 6.60. The van der Waals surface area contributed by atoms with Crippen molar-refractivity contribution in [3.8, 4) is 0 Å². The number of hydrogen-bond acceptors (Lipinski definition) is 6. The predicted molar refractivity (Wildman–Crippen MR) is 104 cm³/mol. The van der Waals surface area contributed by atoms with Crippen LogP contribution in [0.15, 0.2) is 34.2 Å². The number of ether oxygens (including phenoxy) is 1. The van der Waals surface area contributed by atoms with Gasteiger partial charge in [0, 0.05) is 12.6 Å². The number of benzene rings is 1. The van der Waals surface area contributed by atoms with Gasteiger partial charge in [0.2, 0.25) is 5.91 Å². The Morgan fingerprint density at radius 2 is 2.07 bits per heavy atom. The van der Waals surface area contributed by atoms with Crippen molar-refractivity contribution in [1.29, 1.82) is 0 Å². The van der Waals surface area contributed by atoms with E-state index in [4.69, 9.17) is 4.74 Å². The van der Waals surface area contributed by atoms with Crippen LogP contribution in [-0.4, -0.2) is 51.8 Å². The average molecular weight is 389 g/mol. The van der Waals surface area contributed by atoms with Gasteiger partial charge in [-0.3, -0.25) is 19.0 Å². The van der Waals surface area contributed by atoms with Crippen molar-refractivity contribution in [2.24, 2.45) is 0 Å². The Morgan fingerprint density at radius 1 is 1.30 bits per heavy atom. The third kappa shape index (κ3) is 4.32. The maximum Gasteiger partial charge on any atom is 0.325 e. The van der Waals surface area contributed by atoms with Crippen molar-refractivity contribution < 1.29 is 14.3 Å². The lowest BCUT2D eigenvalue weighted by Crippen LogP contribution is -2.43. The van der Waals surface area contributed by atoms with Crippen LogP contribution in [0.5, 0.6) is 0 Å². The summed E-state index contributed by atoms with van der Waals surface area (Å²) in [6, 6.07) is 7.20. The van der Waals surface area contributed by atoms with Crippen molar-refractivity contribution in [3.05, 3.63) is 34.6 Å². The lowest BCUT2D eigenvalue weighted by atomic mass is 10.0. The average Bonchev–Trinajstić information content (AvgIpc) is 2.68. The minimum absolute atomic E-state index is 0.0271. The number of rotatable bonds is 5. The Bertz CT molecular complexity index is 911. The molecule has 0 radical (unpaired) electrons. The van der Waals surface area contributed by atoms with Crippen LogP contribution in [0, 0.1) is 0 Å². The van der Waals surface area contributed by atoms with Crippen molar-refractivity contribution in [3.63, 3.8) is 0 Å². The Morgan fingerprint density at radius 3 is 2.81 bits per heavy atom. The minimum atomic E-state index is -0.535. The third-order valence-corrected chi connectivity index (χ3v) is 5.75. The van der Waals surface area contributed by atoms with Gasteiger partial charge in [0.1, 0.15) is 6.54 Å². The minimum Gasteiger partial charge on any atom is -0.468 e. The lowest BCUT2D eigenvalue weighted by Gasteiger charge is -2.33. The van der Waals surface area contributed by atoms with Crippen LogP contribution in [0.3, 0.4) is 0 Å². The van der Waals surface area contributed by atoms with Gasteiger partial charge in [0.05, 0.1) is 23.8 Å². The molecule has 1 fully saturated rings. The van der Waals surface area contributed by atoms with E-state index in [9.17, 15) is 14.4 Å². The molecule has 2 heterocycles. The van der Waals surface area contributed by atoms with Crippen LogP contribution in [-0.2, 0) is 20.9 Å². The van der Waals surface area contributed by atoms with Gasteiger partial charge in [-0.2, -0.15) is 0 Å². The maximum atomic E-state index is 12.8. The van der Waals surface area contributed by atoms with Gasteiger partial charge in [-0.15, -0.1) is 0 Å². The molecule has 2 aromatic rings. The molecule has 0 unspecified atom stereocenters. The lowest BCUT2D eigenvalue weighted by molar-refractivity contribution is -0.141. The fourth-order valence-corrected chi connectivity index (χ4v) is 4.15. The topological polar surface area (TPSA) is 81.5 Å². The molecule has 1 aliphatic rings. The molecule has 1 aromatic heterocycles. The summed E-state index contributed by atoms with van der Waals surface area (Å²) in [5, 5.41) is 0.781. The number of methoxy groups -OCH3 is 1. The summed E-state index contributed by atoms with van der Waals surface area (Å²) >= 11 is 1.19. The summed E-state index contributed by atoms with van der Waals surface area (Å²) in [4.78, 5) is 43.6. The van der Waals surface area contributed by atoms with E-state index in [2.05, 4.69) is 11.9 Å². The Hall–Kier alpha value is -2.35. The molecule has 1 amide bonds. The molecular formula is C19H23N3O4S. The summed E-state index contributed by atoms with van der Waals surface area (Å²) in [6.07, 6.45) is 3.17. The third-order valence-electron chi connectivity index (χ3n) is 4.79. The van der Waals surface area contributed by atoms with Gasteiger partial charge in [-0.25, -0.2) is 4.98 Å². The highest BCUT2D eigenvalue weighted by Gasteiger charge is 2.24. The first-order valence-corrected chi connectivity index (χ1v) is 9.98. The number of hydrogen-bond donors (Lipinski definition) is 0. The van der Waals surface area contributed by atoms with Crippen molar-refractivity contribution >= 4 is 34.5 Å². The molecule has 1 atom stereocenters. The molecule has 27 heavy (non-hydrogen) atoms. The number of carbonyl (C=O) groups excluding carboxylic acids is 2. The number of thioether (sulfide) groups is 1. The quantitative estimate of drug-likeness (QED) is 0.442. The van der Waals surface area contributed by atoms with Crippen molar-refractivity contribution in [2.45, 2.75) is 43.9 Å². The largest absolute Gasteiger partial charge is 0.468 e. The molecule has 0 aliphatic carbocycles. The summed E-state index contributed by atoms with van der Waals surface area (Å²) in [7, 11) is 1.27. The van der Waals surface area contributed by atoms with Crippen LogP contribution >= 0.6 is 11.8 Å². The van der Waals surface area contributed by atoms with Gasteiger partial charge >= 0.3 is 5.97 Å². The van der Waals surface area contributed by atoms with E-state index in [0.29, 0.717) is 16.1 Å². The maximum absolute atomic E-state index is 12.8. The number of carbonyl (C=O) groups is 2. The molecule has 1 aromatic carbocycles. The predicted octanol–water partition coefficient (Wildman–Crippen LogP) is 2.06. The van der Waals surface area contributed by atoms with E-state index in [-0.39, 0.29) is 29.8 Å². The zero-order valence-corrected chi connectivity index (χ0v) is 16.3. The van der Waals surface area contributed by atoms with Gasteiger partial charge in [-0.1, -0.05) is 23.9 Å². The molecule has 0 saturated carbocycles. The Labute approximate surface area is 161 Å². The molecule has 0 bridgehead atoms. The molecule has 0 N–H and O–H groups in total. The SMILES string of the molecule is COC(=O)Cn1c(SCC(=O)N2CCCC[C@H]2C)nc2ccccc2c1=O. The highest BCUT2D eigenvalue weighted by atomic mass is 32.2. The monoisotopic (exact) mass is 389 g/mol. The van der Waals surface area contributed by atoms with Crippen molar-refractivity contribution in [1.82, 2.24) is 14.5 Å². The van der Waals surface area contributed by atoms with Crippen molar-refractivity contribution in [2.75, 3.05) is 19.4 Å². The standard InChI is InChI=1S/C19H23N3O4S/c1-13-7-5-6-10-21(13)16(23)12-27-19-20-15-9-4-3-8-14(15)18(25)22(19)11-17(24)26-2/h3-4,8-9,13H,5-7,10-12H2,1-2H3/t13-/m1/s1. The van der Waals surface area contributed by atoms with E-state index in [1.54, 1.807) is 24.3 Å². The van der Waals surface area contributed by atoms with E-state index in [1.807, 2.05) is 4.90 Å². The number of nitrogens with zero attached hydrogens (tertiary/aromatic N) is 3. The van der Waals surface area contributed by atoms with E-state index in [1.165, 1.54) is 23.4 Å². The first kappa shape index (κ1) is 19.4. The van der Waals surface area contributed by atoms with Gasteiger partial charge in [0.15, 0.2) is 5.16 Å². The smallest absolute Gasteiger partial charge is 0.325 e. The normalized spacial score (nSPS) is 17.1. The fraction of sp³-hybridized carbons (Fsp3) is 0.474. The molecule has 7 nitrogen and oxygen atoms in total. The number of fused-ring (bicyclic) bond motifs is 1. The van der Waals surface area contributed by atoms with Crippen LogP contribution < -0.4 is 5.56 Å². The zero-order chi connectivity index (χ0) is 19.4. The van der Waals surface area contributed by atoms with E-state index in [0.717, 1.165) is 25.8 Å². The number of para-hydroxylation sites is 1. The first-order valence-electron chi connectivity index (χ1n) is 9.00. The number of aromatic nitrogens is 2. The van der Waals surface area contributed by atoms with Gasteiger partial charge in [0.25, 0.3) is 5.56 Å². The molecule has 144 valence electrons. The second-order valence-corrected chi connectivity index (χ2v) is 7.54. The number of piperidine rings is 1. The summed E-state index contributed by atoms with van der Waals surface area (Å²) < 4.78 is 5.98. The van der Waals surface area contributed by atoms with E-state index < -0.39 is 5.97 Å². The molecule has 1 saturated heterocycles. The van der Waals surface area contributed by atoms with Crippen LogP contribution in [0.25, 0.3) is 10.9 Å². The van der Waals surface area contributed by atoms with Crippen LogP contribution in [0.2, 0.25) is 0 Å². The molecule has 8 heteroatoms. The number of esters is 1. The van der Waals surface area contributed by atoms with Gasteiger partial charge < -0.3 is 9.64 Å². The van der Waals surface area contributed by atoms with Crippen LogP contribution in [0.4, 0.5) is 0 Å². The van der Waals surface area contributed by atoms with Crippen LogP contribution in [0.1, 0.15) is 26.2 Å². The zero-order valence-electron chi connectivity index (χ0n) is 15.5. The number of amides is 1. The highest BCUT2D eigenvalue weighted by Crippen LogP contribution is 2.21. The Kier molecular flexibility index (Phi) is 6.15. The highest BCUT2D eigenvalue weighted by molar-refractivity contribution is 7.99. The number of likely N-dealkylation sites (tertiary alicyclic amines) is 1.